The van der Waals surface area contributed by atoms with Crippen molar-refractivity contribution in [3.05, 3.63) is 71.8 Å². The number of hydrogen-bond acceptors (Lipinski definition) is 6. The van der Waals surface area contributed by atoms with Gasteiger partial charge in [0.25, 0.3) is 0 Å². The Morgan fingerprint density at radius 1 is 1.00 bits per heavy atom. The predicted molar refractivity (Wildman–Crippen MR) is 131 cm³/mol. The first-order chi connectivity index (χ1) is 15.9. The quantitative estimate of drug-likeness (QED) is 0.289. The highest BCUT2D eigenvalue weighted by Gasteiger charge is 2.44. The molecular weight excluding hydrogens is 434 g/mol. The van der Waals surface area contributed by atoms with Gasteiger partial charge in [-0.2, -0.15) is 0 Å². The summed E-state index contributed by atoms with van der Waals surface area (Å²) in [5, 5.41) is 15.1. The Balaban J connectivity index is 2.25. The van der Waals surface area contributed by atoms with E-state index in [4.69, 9.17) is 15.3 Å². The van der Waals surface area contributed by atoms with Crippen LogP contribution in [0.15, 0.2) is 60.7 Å². The summed E-state index contributed by atoms with van der Waals surface area (Å²) in [5.74, 6) is 5.70. The van der Waals surface area contributed by atoms with Crippen molar-refractivity contribution in [2.24, 2.45) is 11.8 Å². The Hall–Kier alpha value is -3.10. The van der Waals surface area contributed by atoms with Crippen molar-refractivity contribution < 1.29 is 24.2 Å². The van der Waals surface area contributed by atoms with Crippen LogP contribution in [0.5, 0.6) is 0 Å². The second-order valence-electron chi connectivity index (χ2n) is 9.69. The Labute approximate surface area is 202 Å². The molecule has 4 N–H and O–H groups in total. The maximum absolute atomic E-state index is 12.9. The third-order valence-corrected chi connectivity index (χ3v) is 5.51. The Morgan fingerprint density at radius 2 is 1.53 bits per heavy atom. The minimum Gasteiger partial charge on any atom is -0.445 e. The highest BCUT2D eigenvalue weighted by Crippen LogP contribution is 2.28. The molecule has 0 aliphatic carbocycles. The summed E-state index contributed by atoms with van der Waals surface area (Å²) in [6.07, 6.45) is -2.35. The fraction of sp³-hybridized carbons (Fsp3) is 0.462. The fourth-order valence-electron chi connectivity index (χ4n) is 3.61. The van der Waals surface area contributed by atoms with E-state index in [1.807, 2.05) is 74.5 Å². The van der Waals surface area contributed by atoms with E-state index in [9.17, 15) is 14.7 Å². The number of benzene rings is 2. The smallest absolute Gasteiger partial charge is 0.424 e. The van der Waals surface area contributed by atoms with E-state index in [1.54, 1.807) is 20.8 Å². The summed E-state index contributed by atoms with van der Waals surface area (Å²) in [6, 6.07) is 18.8. The second-order valence-corrected chi connectivity index (χ2v) is 9.69. The lowest BCUT2D eigenvalue weighted by atomic mass is 9.76. The van der Waals surface area contributed by atoms with Crippen molar-refractivity contribution in [1.82, 2.24) is 10.3 Å². The molecule has 0 aromatic heterocycles. The fourth-order valence-corrected chi connectivity index (χ4v) is 3.61. The zero-order valence-corrected chi connectivity index (χ0v) is 20.7. The second kappa shape index (κ2) is 11.9. The van der Waals surface area contributed by atoms with Crippen LogP contribution in [-0.4, -0.2) is 46.1 Å². The molecule has 0 aliphatic heterocycles. The van der Waals surface area contributed by atoms with Gasteiger partial charge in [-0.15, -0.1) is 0 Å². The molecule has 0 radical (unpaired) electrons. The summed E-state index contributed by atoms with van der Waals surface area (Å²) < 4.78 is 10.7. The van der Waals surface area contributed by atoms with E-state index in [-0.39, 0.29) is 19.1 Å². The lowest BCUT2D eigenvalue weighted by molar-refractivity contribution is -0.0156. The van der Waals surface area contributed by atoms with E-state index >= 15 is 0 Å². The lowest BCUT2D eigenvalue weighted by Gasteiger charge is -2.43. The predicted octanol–water partition coefficient (Wildman–Crippen LogP) is 4.02. The molecule has 2 aromatic rings. The number of hydrazine groups is 1. The molecule has 0 bridgehead atoms. The van der Waals surface area contributed by atoms with Gasteiger partial charge in [0.15, 0.2) is 0 Å². The molecule has 2 aromatic carbocycles. The summed E-state index contributed by atoms with van der Waals surface area (Å²) in [6.45, 7) is 8.80. The number of aliphatic hydroxyl groups excluding tert-OH is 1. The highest BCUT2D eigenvalue weighted by molar-refractivity contribution is 5.69. The minimum atomic E-state index is -1.21. The van der Waals surface area contributed by atoms with E-state index in [2.05, 4.69) is 5.32 Å². The summed E-state index contributed by atoms with van der Waals surface area (Å²) >= 11 is 0. The number of aliphatic hydroxyl groups is 1. The molecule has 0 aliphatic rings. The molecule has 0 saturated heterocycles. The first-order valence-corrected chi connectivity index (χ1v) is 11.4. The van der Waals surface area contributed by atoms with Crippen LogP contribution >= 0.6 is 0 Å². The number of nitrogens with zero attached hydrogens (tertiary/aromatic N) is 1. The normalized spacial score (nSPS) is 14.1. The molecule has 2 atom stereocenters. The number of ether oxygens (including phenoxy) is 2. The molecular formula is C26H37N3O5. The first kappa shape index (κ1) is 27.1. The van der Waals surface area contributed by atoms with E-state index in [0.717, 1.165) is 16.1 Å². The average Bonchev–Trinajstić information content (AvgIpc) is 2.77. The van der Waals surface area contributed by atoms with Crippen LogP contribution in [0.2, 0.25) is 0 Å². The van der Waals surface area contributed by atoms with Crippen LogP contribution in [0, 0.1) is 5.92 Å². The van der Waals surface area contributed by atoms with E-state index < -0.39 is 29.4 Å². The van der Waals surface area contributed by atoms with Crippen molar-refractivity contribution >= 4 is 12.2 Å². The standard InChI is InChI=1S/C26H37N3O5/c1-19(2)26(16-20-12-8-6-9-13-20,22(30)17-29(27)24(32)34-25(3,4)5)28-23(31)33-18-21-14-10-7-11-15-21/h6-15,19,22,30H,16-18,27H2,1-5H3,(H,28,31). The van der Waals surface area contributed by atoms with Crippen LogP contribution in [0.4, 0.5) is 9.59 Å². The van der Waals surface area contributed by atoms with Crippen molar-refractivity contribution in [2.75, 3.05) is 6.54 Å². The van der Waals surface area contributed by atoms with Gasteiger partial charge in [-0.05, 0) is 44.2 Å². The van der Waals surface area contributed by atoms with Crippen LogP contribution in [0.1, 0.15) is 45.7 Å². The van der Waals surface area contributed by atoms with Crippen molar-refractivity contribution in [2.45, 2.75) is 64.9 Å². The van der Waals surface area contributed by atoms with Gasteiger partial charge in [-0.3, -0.25) is 0 Å². The van der Waals surface area contributed by atoms with Crippen molar-refractivity contribution in [1.29, 1.82) is 0 Å². The largest absolute Gasteiger partial charge is 0.445 e. The monoisotopic (exact) mass is 471 g/mol. The maximum Gasteiger partial charge on any atom is 0.424 e. The molecule has 0 saturated carbocycles. The van der Waals surface area contributed by atoms with Crippen molar-refractivity contribution in [3.8, 4) is 0 Å². The molecule has 0 heterocycles. The third-order valence-electron chi connectivity index (χ3n) is 5.51. The number of alkyl carbamates (subject to hydrolysis) is 1. The average molecular weight is 472 g/mol. The number of rotatable bonds is 9. The maximum atomic E-state index is 12.9. The molecule has 2 rings (SSSR count). The number of carbonyl (C=O) groups excluding carboxylic acids is 2. The van der Waals surface area contributed by atoms with Crippen LogP contribution in [0.25, 0.3) is 0 Å². The van der Waals surface area contributed by atoms with Gasteiger partial charge in [0.2, 0.25) is 0 Å². The number of carbonyl (C=O) groups is 2. The zero-order valence-electron chi connectivity index (χ0n) is 20.7. The Bertz CT molecular complexity index is 915. The Morgan fingerprint density at radius 3 is 2.03 bits per heavy atom. The van der Waals surface area contributed by atoms with Crippen LogP contribution in [-0.2, 0) is 22.5 Å². The molecule has 2 amide bonds. The van der Waals surface area contributed by atoms with Gasteiger partial charge >= 0.3 is 12.2 Å². The number of hydrogen-bond donors (Lipinski definition) is 3. The SMILES string of the molecule is CC(C)C(Cc1ccccc1)(NC(=O)OCc1ccccc1)C(O)CN(N)C(=O)OC(C)(C)C. The molecule has 186 valence electrons. The minimum absolute atomic E-state index is 0.0865. The van der Waals surface area contributed by atoms with Crippen LogP contribution in [0.3, 0.4) is 0 Å². The van der Waals surface area contributed by atoms with Gasteiger partial charge in [-0.1, -0.05) is 74.5 Å². The summed E-state index contributed by atoms with van der Waals surface area (Å²) in [4.78, 5) is 25.2. The number of nitrogens with two attached hydrogens (primary N) is 1. The van der Waals surface area contributed by atoms with Crippen molar-refractivity contribution in [3.63, 3.8) is 0 Å². The number of nitrogens with one attached hydrogen (secondary N) is 1. The van der Waals surface area contributed by atoms with E-state index in [0.29, 0.717) is 6.42 Å². The highest BCUT2D eigenvalue weighted by atomic mass is 16.6. The lowest BCUT2D eigenvalue weighted by Crippen LogP contribution is -2.65. The number of amides is 2. The van der Waals surface area contributed by atoms with Gasteiger partial charge in [0.1, 0.15) is 12.2 Å². The first-order valence-electron chi connectivity index (χ1n) is 11.4. The topological polar surface area (TPSA) is 114 Å². The van der Waals surface area contributed by atoms with Crippen LogP contribution < -0.4 is 11.2 Å². The molecule has 34 heavy (non-hydrogen) atoms. The molecule has 8 heteroatoms. The summed E-state index contributed by atoms with van der Waals surface area (Å²) in [5.41, 5.74) is -0.165. The van der Waals surface area contributed by atoms with E-state index in [1.165, 1.54) is 0 Å². The van der Waals surface area contributed by atoms with Gasteiger partial charge in [0.05, 0.1) is 18.2 Å². The zero-order chi connectivity index (χ0) is 25.4. The van der Waals surface area contributed by atoms with Gasteiger partial charge in [-0.25, -0.2) is 20.4 Å². The van der Waals surface area contributed by atoms with Gasteiger partial charge < -0.3 is 19.9 Å². The van der Waals surface area contributed by atoms with Gasteiger partial charge in [0, 0.05) is 0 Å². The molecule has 8 nitrogen and oxygen atoms in total. The molecule has 0 fully saturated rings. The Kier molecular flexibility index (Phi) is 9.46. The third kappa shape index (κ3) is 8.04. The molecule has 2 unspecified atom stereocenters. The molecule has 0 spiro atoms. The summed E-state index contributed by atoms with van der Waals surface area (Å²) in [7, 11) is 0.